The summed E-state index contributed by atoms with van der Waals surface area (Å²) in [6.07, 6.45) is 1.38. The number of nitrogens with zero attached hydrogens (tertiary/aromatic N) is 2. The van der Waals surface area contributed by atoms with Gasteiger partial charge < -0.3 is 5.73 Å². The van der Waals surface area contributed by atoms with Crippen LogP contribution in [0.1, 0.15) is 5.69 Å². The fraction of sp³-hybridized carbons (Fsp3) is 0. The molecule has 0 saturated heterocycles. The van der Waals surface area contributed by atoms with Gasteiger partial charge in [0.1, 0.15) is 11.6 Å². The molecule has 2 aromatic rings. The Labute approximate surface area is 98.0 Å². The van der Waals surface area contributed by atoms with E-state index in [0.29, 0.717) is 5.69 Å². The number of aromatic nitrogens is 1. The summed E-state index contributed by atoms with van der Waals surface area (Å²) in [7, 11) is 0. The van der Waals surface area contributed by atoms with Gasteiger partial charge in [-0.15, -0.1) is 0 Å². The first-order valence-corrected chi connectivity index (χ1v) is 4.98. The number of nitrogens with two attached hydrogens (primary N) is 1. The first-order valence-electron chi connectivity index (χ1n) is 4.98. The maximum absolute atomic E-state index is 10.9. The van der Waals surface area contributed by atoms with Crippen molar-refractivity contribution in [2.24, 2.45) is 5.73 Å². The van der Waals surface area contributed by atoms with Crippen LogP contribution in [-0.4, -0.2) is 10.9 Å². The highest BCUT2D eigenvalue weighted by Gasteiger charge is 2.04. The molecule has 1 aromatic carbocycles. The lowest BCUT2D eigenvalue weighted by atomic mass is 10.1. The molecule has 0 aliphatic carbocycles. The summed E-state index contributed by atoms with van der Waals surface area (Å²) >= 11 is 0. The number of benzene rings is 1. The second-order valence-electron chi connectivity index (χ2n) is 3.46. The van der Waals surface area contributed by atoms with Crippen LogP contribution < -0.4 is 5.73 Å². The topological polar surface area (TPSA) is 79.8 Å². The van der Waals surface area contributed by atoms with Gasteiger partial charge in [-0.25, -0.2) is 4.98 Å². The molecule has 4 nitrogen and oxygen atoms in total. The molecule has 1 amide bonds. The minimum atomic E-state index is -0.748. The van der Waals surface area contributed by atoms with Crippen molar-refractivity contribution in [3.8, 4) is 6.07 Å². The summed E-state index contributed by atoms with van der Waals surface area (Å²) in [4.78, 5) is 15.2. The van der Waals surface area contributed by atoms with E-state index in [2.05, 4.69) is 4.98 Å². The molecule has 0 aliphatic rings. The van der Waals surface area contributed by atoms with E-state index < -0.39 is 5.91 Å². The molecule has 0 fully saturated rings. The number of carbonyl (C=O) groups excluding carboxylic acids is 1. The predicted molar refractivity (Wildman–Crippen MR) is 64.5 cm³/mol. The van der Waals surface area contributed by atoms with Crippen LogP contribution in [0.3, 0.4) is 0 Å². The van der Waals surface area contributed by atoms with Gasteiger partial charge in [0.15, 0.2) is 0 Å². The van der Waals surface area contributed by atoms with Gasteiger partial charge in [-0.2, -0.15) is 5.26 Å². The van der Waals surface area contributed by atoms with Gasteiger partial charge in [0, 0.05) is 5.39 Å². The fourth-order valence-electron chi connectivity index (χ4n) is 1.47. The van der Waals surface area contributed by atoms with E-state index in [1.54, 1.807) is 12.1 Å². The minimum absolute atomic E-state index is 0.104. The highest BCUT2D eigenvalue weighted by molar-refractivity contribution is 6.00. The number of hydrogen-bond acceptors (Lipinski definition) is 3. The van der Waals surface area contributed by atoms with Crippen molar-refractivity contribution in [2.45, 2.75) is 0 Å². The van der Waals surface area contributed by atoms with Crippen molar-refractivity contribution in [3.05, 3.63) is 47.7 Å². The molecule has 0 bridgehead atoms. The minimum Gasteiger partial charge on any atom is -0.365 e. The van der Waals surface area contributed by atoms with E-state index in [0.717, 1.165) is 10.9 Å². The Morgan fingerprint density at radius 2 is 2.06 bits per heavy atom. The van der Waals surface area contributed by atoms with E-state index in [9.17, 15) is 4.79 Å². The maximum atomic E-state index is 10.9. The van der Waals surface area contributed by atoms with Gasteiger partial charge in [0.2, 0.25) is 0 Å². The third-order valence-corrected chi connectivity index (χ3v) is 2.30. The Morgan fingerprint density at radius 1 is 1.29 bits per heavy atom. The zero-order valence-electron chi connectivity index (χ0n) is 8.92. The van der Waals surface area contributed by atoms with Gasteiger partial charge >= 0.3 is 0 Å². The zero-order chi connectivity index (χ0) is 12.3. The van der Waals surface area contributed by atoms with Gasteiger partial charge in [0.25, 0.3) is 5.91 Å². The molecule has 2 rings (SSSR count). The zero-order valence-corrected chi connectivity index (χ0v) is 8.92. The molecular formula is C13H9N3O. The van der Waals surface area contributed by atoms with Crippen LogP contribution in [0, 0.1) is 11.3 Å². The summed E-state index contributed by atoms with van der Waals surface area (Å²) in [5.74, 6) is -0.748. The van der Waals surface area contributed by atoms with Crippen molar-refractivity contribution < 1.29 is 4.79 Å². The van der Waals surface area contributed by atoms with E-state index in [-0.39, 0.29) is 5.57 Å². The molecule has 82 valence electrons. The number of pyridine rings is 1. The van der Waals surface area contributed by atoms with Crippen LogP contribution >= 0.6 is 0 Å². The van der Waals surface area contributed by atoms with Crippen LogP contribution in [0.5, 0.6) is 0 Å². The lowest BCUT2D eigenvalue weighted by molar-refractivity contribution is -0.114. The second-order valence-corrected chi connectivity index (χ2v) is 3.46. The van der Waals surface area contributed by atoms with Gasteiger partial charge in [-0.05, 0) is 18.2 Å². The number of carbonyl (C=O) groups is 1. The molecular weight excluding hydrogens is 214 g/mol. The number of amides is 1. The summed E-state index contributed by atoms with van der Waals surface area (Å²) in [5.41, 5.74) is 6.30. The predicted octanol–water partition coefficient (Wildman–Crippen LogP) is 1.63. The monoisotopic (exact) mass is 223 g/mol. The largest absolute Gasteiger partial charge is 0.365 e. The Bertz CT molecular complexity index is 653. The molecule has 1 aromatic heterocycles. The Morgan fingerprint density at radius 3 is 2.76 bits per heavy atom. The lowest BCUT2D eigenvalue weighted by Gasteiger charge is -1.98. The lowest BCUT2D eigenvalue weighted by Crippen LogP contribution is -2.12. The molecule has 2 N–H and O–H groups in total. The number of hydrogen-bond donors (Lipinski definition) is 1. The highest BCUT2D eigenvalue weighted by Crippen LogP contribution is 2.13. The Hall–Kier alpha value is -2.67. The van der Waals surface area contributed by atoms with Gasteiger partial charge in [-0.1, -0.05) is 24.3 Å². The molecule has 17 heavy (non-hydrogen) atoms. The summed E-state index contributed by atoms with van der Waals surface area (Å²) < 4.78 is 0. The van der Waals surface area contributed by atoms with Crippen molar-refractivity contribution in [2.75, 3.05) is 0 Å². The molecule has 0 radical (unpaired) electrons. The molecule has 0 spiro atoms. The van der Waals surface area contributed by atoms with Gasteiger partial charge in [0.05, 0.1) is 11.2 Å². The average Bonchev–Trinajstić information content (AvgIpc) is 2.35. The third-order valence-electron chi connectivity index (χ3n) is 2.30. The Kier molecular flexibility index (Phi) is 2.84. The van der Waals surface area contributed by atoms with Crippen LogP contribution in [0.25, 0.3) is 17.0 Å². The number of para-hydroxylation sites is 1. The standard InChI is InChI=1S/C13H9N3O/c14-8-10(13(15)17)7-11-6-5-9-3-1-2-4-12(9)16-11/h1-7H,(H2,15,17)/b10-7+. The van der Waals surface area contributed by atoms with Crippen molar-refractivity contribution in [1.29, 1.82) is 5.26 Å². The fourth-order valence-corrected chi connectivity index (χ4v) is 1.47. The van der Waals surface area contributed by atoms with Crippen molar-refractivity contribution in [1.82, 2.24) is 4.98 Å². The van der Waals surface area contributed by atoms with Crippen LogP contribution in [0.15, 0.2) is 42.0 Å². The Balaban J connectivity index is 2.51. The van der Waals surface area contributed by atoms with Gasteiger partial charge in [-0.3, -0.25) is 4.79 Å². The molecule has 0 aliphatic heterocycles. The van der Waals surface area contributed by atoms with E-state index in [4.69, 9.17) is 11.0 Å². The SMILES string of the molecule is N#C/C(=C\c1ccc2ccccc2n1)C(N)=O. The van der Waals surface area contributed by atoms with E-state index in [1.807, 2.05) is 30.3 Å². The van der Waals surface area contributed by atoms with Crippen molar-refractivity contribution >= 4 is 22.9 Å². The summed E-state index contributed by atoms with van der Waals surface area (Å²) in [5, 5.41) is 9.73. The van der Waals surface area contributed by atoms with Crippen LogP contribution in [0.2, 0.25) is 0 Å². The van der Waals surface area contributed by atoms with Crippen LogP contribution in [0.4, 0.5) is 0 Å². The number of fused-ring (bicyclic) bond motifs is 1. The maximum Gasteiger partial charge on any atom is 0.259 e. The van der Waals surface area contributed by atoms with Crippen LogP contribution in [-0.2, 0) is 4.79 Å². The summed E-state index contributed by atoms with van der Waals surface area (Å²) in [6.45, 7) is 0. The normalized spacial score (nSPS) is 11.1. The molecule has 1 heterocycles. The van der Waals surface area contributed by atoms with E-state index in [1.165, 1.54) is 6.08 Å². The smallest absolute Gasteiger partial charge is 0.259 e. The van der Waals surface area contributed by atoms with Crippen molar-refractivity contribution in [3.63, 3.8) is 0 Å². The highest BCUT2D eigenvalue weighted by atomic mass is 16.1. The molecule has 0 atom stereocenters. The molecule has 4 heteroatoms. The summed E-state index contributed by atoms with van der Waals surface area (Å²) in [6, 6.07) is 13.0. The molecule has 0 unspecified atom stereocenters. The number of rotatable bonds is 2. The first-order chi connectivity index (χ1) is 8.20. The number of nitriles is 1. The molecule has 0 saturated carbocycles. The van der Waals surface area contributed by atoms with E-state index >= 15 is 0 Å². The number of primary amides is 1. The first kappa shape index (κ1) is 10.8. The third kappa shape index (κ3) is 2.29. The average molecular weight is 223 g/mol. The quantitative estimate of drug-likeness (QED) is 0.620. The second kappa shape index (κ2) is 4.45.